The largest absolute Gasteiger partial charge is 0.416 e. The molecule has 2 atom stereocenters. The molecule has 31 heavy (non-hydrogen) atoms. The van der Waals surface area contributed by atoms with Gasteiger partial charge >= 0.3 is 6.18 Å². The van der Waals surface area contributed by atoms with Crippen molar-refractivity contribution >= 4 is 29.9 Å². The number of rotatable bonds is 6. The summed E-state index contributed by atoms with van der Waals surface area (Å²) in [6.45, 7) is 7.70. The van der Waals surface area contributed by atoms with Gasteiger partial charge < -0.3 is 15.0 Å². The summed E-state index contributed by atoms with van der Waals surface area (Å²) in [5, 5.41) is 7.52. The Kier molecular flexibility index (Phi) is 9.60. The maximum atomic E-state index is 13.1. The zero-order valence-corrected chi connectivity index (χ0v) is 20.0. The molecule has 0 amide bonds. The first-order valence-electron chi connectivity index (χ1n) is 10.2. The molecule has 6 nitrogen and oxygen atoms in total. The molecular weight excluding hydrogens is 522 g/mol. The Morgan fingerprint density at radius 3 is 2.84 bits per heavy atom. The Labute approximate surface area is 197 Å². The summed E-state index contributed by atoms with van der Waals surface area (Å²) in [4.78, 5) is 6.81. The van der Waals surface area contributed by atoms with Crippen LogP contribution in [0, 0.1) is 5.92 Å². The third-order valence-corrected chi connectivity index (χ3v) is 4.90. The summed E-state index contributed by atoms with van der Waals surface area (Å²) >= 11 is 0. The van der Waals surface area contributed by atoms with Gasteiger partial charge in [-0.05, 0) is 36.6 Å². The van der Waals surface area contributed by atoms with Crippen molar-refractivity contribution < 1.29 is 17.9 Å². The molecule has 1 aromatic heterocycles. The smallest absolute Gasteiger partial charge is 0.370 e. The summed E-state index contributed by atoms with van der Waals surface area (Å²) < 4.78 is 46.9. The molecule has 1 fully saturated rings. The molecule has 0 bridgehead atoms. The lowest BCUT2D eigenvalue weighted by Gasteiger charge is -2.35. The molecule has 0 spiro atoms. The van der Waals surface area contributed by atoms with E-state index in [-0.39, 0.29) is 24.0 Å². The molecule has 1 saturated heterocycles. The number of nitrogens with one attached hydrogen (secondary N) is 1. The number of aromatic nitrogens is 2. The number of benzene rings is 1. The van der Waals surface area contributed by atoms with Gasteiger partial charge in [0.2, 0.25) is 0 Å². The molecule has 0 saturated carbocycles. The summed E-state index contributed by atoms with van der Waals surface area (Å²) in [6, 6.07) is 7.25. The van der Waals surface area contributed by atoms with E-state index >= 15 is 0 Å². The molecule has 1 aromatic carbocycles. The summed E-state index contributed by atoms with van der Waals surface area (Å²) in [5.74, 6) is 1.05. The fourth-order valence-electron chi connectivity index (χ4n) is 3.41. The quantitative estimate of drug-likeness (QED) is 0.333. The van der Waals surface area contributed by atoms with Crippen molar-refractivity contribution in [3.05, 3.63) is 53.9 Å². The third kappa shape index (κ3) is 7.37. The van der Waals surface area contributed by atoms with Gasteiger partial charge in [-0.1, -0.05) is 19.1 Å². The van der Waals surface area contributed by atoms with Gasteiger partial charge in [-0.25, -0.2) is 0 Å². The number of guanidine groups is 1. The van der Waals surface area contributed by atoms with Gasteiger partial charge in [0.05, 0.1) is 18.7 Å². The van der Waals surface area contributed by atoms with Crippen LogP contribution in [0.4, 0.5) is 13.2 Å². The number of hydrogen-bond donors (Lipinski definition) is 1. The van der Waals surface area contributed by atoms with Crippen molar-refractivity contribution in [1.29, 1.82) is 0 Å². The molecule has 2 aromatic rings. The molecule has 1 aliphatic rings. The molecule has 1 aliphatic heterocycles. The fourth-order valence-corrected chi connectivity index (χ4v) is 3.41. The Balaban J connectivity index is 0.00000341. The maximum absolute atomic E-state index is 13.1. The first kappa shape index (κ1) is 25.4. The van der Waals surface area contributed by atoms with Crippen LogP contribution < -0.4 is 5.32 Å². The second kappa shape index (κ2) is 11.7. The van der Waals surface area contributed by atoms with E-state index in [4.69, 9.17) is 9.73 Å². The van der Waals surface area contributed by atoms with E-state index in [0.717, 1.165) is 18.6 Å². The van der Waals surface area contributed by atoms with E-state index in [1.807, 2.05) is 23.9 Å². The molecule has 172 valence electrons. The van der Waals surface area contributed by atoms with E-state index in [0.29, 0.717) is 44.3 Å². The number of nitrogens with zero attached hydrogens (tertiary/aromatic N) is 4. The van der Waals surface area contributed by atoms with Crippen molar-refractivity contribution in [3.8, 4) is 0 Å². The van der Waals surface area contributed by atoms with Crippen molar-refractivity contribution in [3.63, 3.8) is 0 Å². The van der Waals surface area contributed by atoms with Crippen molar-refractivity contribution in [1.82, 2.24) is 20.0 Å². The van der Waals surface area contributed by atoms with Gasteiger partial charge in [-0.3, -0.25) is 9.67 Å². The first-order chi connectivity index (χ1) is 14.4. The molecular formula is C21H29F3IN5O. The minimum Gasteiger partial charge on any atom is -0.370 e. The van der Waals surface area contributed by atoms with Gasteiger partial charge in [0.1, 0.15) is 6.10 Å². The standard InChI is InChI=1S/C21H28F3N5O.HI/c1-3-25-20(26-13-16(2)14-29-9-5-8-27-29)28-10-11-30-19(15-28)17-6-4-7-18(12-17)21(22,23)24;/h4-9,12,16,19H,3,10-11,13-15H2,1-2H3,(H,25,26);1H. The van der Waals surface area contributed by atoms with E-state index < -0.39 is 17.8 Å². The lowest BCUT2D eigenvalue weighted by molar-refractivity contribution is -0.137. The number of aliphatic imine (C=N–C) groups is 1. The average Bonchev–Trinajstić information content (AvgIpc) is 3.23. The normalized spacial score (nSPS) is 18.4. The predicted molar refractivity (Wildman–Crippen MR) is 124 cm³/mol. The second-order valence-electron chi connectivity index (χ2n) is 7.46. The minimum atomic E-state index is -4.37. The SMILES string of the molecule is CCNC(=NCC(C)Cn1cccn1)N1CCOC(c2cccc(C(F)(F)F)c2)C1.I. The highest BCUT2D eigenvalue weighted by Crippen LogP contribution is 2.32. The maximum Gasteiger partial charge on any atom is 0.416 e. The zero-order valence-electron chi connectivity index (χ0n) is 17.7. The Morgan fingerprint density at radius 1 is 1.35 bits per heavy atom. The molecule has 0 radical (unpaired) electrons. The summed E-state index contributed by atoms with van der Waals surface area (Å²) in [7, 11) is 0. The number of hydrogen-bond acceptors (Lipinski definition) is 3. The molecule has 10 heteroatoms. The van der Waals surface area contributed by atoms with Gasteiger partial charge in [-0.15, -0.1) is 24.0 Å². The lowest BCUT2D eigenvalue weighted by Crippen LogP contribution is -2.48. The van der Waals surface area contributed by atoms with Crippen LogP contribution in [0.1, 0.15) is 31.1 Å². The highest BCUT2D eigenvalue weighted by molar-refractivity contribution is 14.0. The number of ether oxygens (including phenoxy) is 1. The molecule has 3 rings (SSSR count). The van der Waals surface area contributed by atoms with Crippen LogP contribution in [0.5, 0.6) is 0 Å². The Morgan fingerprint density at radius 2 is 2.16 bits per heavy atom. The van der Waals surface area contributed by atoms with Crippen LogP contribution in [0.15, 0.2) is 47.7 Å². The number of morpholine rings is 1. The van der Waals surface area contributed by atoms with Gasteiger partial charge in [0.25, 0.3) is 0 Å². The van der Waals surface area contributed by atoms with E-state index in [1.54, 1.807) is 12.3 Å². The van der Waals surface area contributed by atoms with Crippen LogP contribution in [0.2, 0.25) is 0 Å². The fraction of sp³-hybridized carbons (Fsp3) is 0.524. The second-order valence-corrected chi connectivity index (χ2v) is 7.46. The number of alkyl halides is 3. The van der Waals surface area contributed by atoms with Gasteiger partial charge in [0.15, 0.2) is 5.96 Å². The predicted octanol–water partition coefficient (Wildman–Crippen LogP) is 4.20. The Hall–Kier alpha value is -1.82. The number of halogens is 4. The van der Waals surface area contributed by atoms with E-state index in [1.165, 1.54) is 12.1 Å². The average molecular weight is 551 g/mol. The van der Waals surface area contributed by atoms with Crippen LogP contribution in [0.3, 0.4) is 0 Å². The molecule has 1 N–H and O–H groups in total. The molecule has 2 heterocycles. The van der Waals surface area contributed by atoms with Crippen LogP contribution in [-0.2, 0) is 17.5 Å². The lowest BCUT2D eigenvalue weighted by atomic mass is 10.0. The van der Waals surface area contributed by atoms with Crippen molar-refractivity contribution in [2.45, 2.75) is 32.7 Å². The van der Waals surface area contributed by atoms with Crippen LogP contribution in [0.25, 0.3) is 0 Å². The van der Waals surface area contributed by atoms with Crippen molar-refractivity contribution in [2.75, 3.05) is 32.8 Å². The zero-order chi connectivity index (χ0) is 21.6. The van der Waals surface area contributed by atoms with Crippen molar-refractivity contribution in [2.24, 2.45) is 10.9 Å². The van der Waals surface area contributed by atoms with E-state index in [9.17, 15) is 13.2 Å². The summed E-state index contributed by atoms with van der Waals surface area (Å²) in [5.41, 5.74) is -0.133. The van der Waals surface area contributed by atoms with Gasteiger partial charge in [0, 0.05) is 38.6 Å². The molecule has 0 aliphatic carbocycles. The van der Waals surface area contributed by atoms with Gasteiger partial charge in [-0.2, -0.15) is 18.3 Å². The van der Waals surface area contributed by atoms with Crippen LogP contribution in [-0.4, -0.2) is 53.4 Å². The summed E-state index contributed by atoms with van der Waals surface area (Å²) in [6.07, 6.45) is -1.13. The topological polar surface area (TPSA) is 54.7 Å². The first-order valence-corrected chi connectivity index (χ1v) is 10.2. The van der Waals surface area contributed by atoms with E-state index in [2.05, 4.69) is 22.2 Å². The van der Waals surface area contributed by atoms with Crippen LogP contribution >= 0.6 is 24.0 Å². The highest BCUT2D eigenvalue weighted by atomic mass is 127. The molecule has 2 unspecified atom stereocenters. The monoisotopic (exact) mass is 551 g/mol. The minimum absolute atomic E-state index is 0. The Bertz CT molecular complexity index is 829. The highest BCUT2D eigenvalue weighted by Gasteiger charge is 2.32. The third-order valence-electron chi connectivity index (χ3n) is 4.90.